The lowest BCUT2D eigenvalue weighted by Gasteiger charge is -2.18. The largest absolute Gasteiger partial charge is 0.349 e. The Bertz CT molecular complexity index is 746. The Morgan fingerprint density at radius 3 is 2.96 bits per heavy atom. The van der Waals surface area contributed by atoms with E-state index in [1.165, 1.54) is 11.3 Å². The van der Waals surface area contributed by atoms with Crippen LogP contribution in [0.4, 0.5) is 5.69 Å². The molecule has 5 nitrogen and oxygen atoms in total. The molecule has 120 valence electrons. The van der Waals surface area contributed by atoms with Gasteiger partial charge in [0.2, 0.25) is 11.8 Å². The number of carbonyl (C=O) groups is 2. The lowest BCUT2D eigenvalue weighted by molar-refractivity contribution is -0.126. The first-order valence-electron chi connectivity index (χ1n) is 7.28. The molecule has 1 atom stereocenters. The predicted octanol–water partition coefficient (Wildman–Crippen LogP) is 2.88. The number of amides is 2. The summed E-state index contributed by atoms with van der Waals surface area (Å²) in [6.07, 6.45) is 0.240. The number of carbonyl (C=O) groups excluding carboxylic acids is 2. The first kappa shape index (κ1) is 16.1. The van der Waals surface area contributed by atoms with E-state index >= 15 is 0 Å². The number of nitrogens with one attached hydrogen (secondary N) is 1. The molecule has 3 rings (SSSR count). The fraction of sp³-hybridized carbons (Fsp3) is 0.312. The van der Waals surface area contributed by atoms with Crippen molar-refractivity contribution in [1.82, 2.24) is 10.3 Å². The van der Waals surface area contributed by atoms with Crippen molar-refractivity contribution in [3.8, 4) is 0 Å². The first-order chi connectivity index (χ1) is 11.0. The fourth-order valence-electron chi connectivity index (χ4n) is 2.58. The van der Waals surface area contributed by atoms with Crippen LogP contribution < -0.4 is 10.2 Å². The number of halogens is 1. The van der Waals surface area contributed by atoms with E-state index in [4.69, 9.17) is 0 Å². The van der Waals surface area contributed by atoms with Crippen molar-refractivity contribution in [2.45, 2.75) is 19.9 Å². The van der Waals surface area contributed by atoms with Gasteiger partial charge in [0.25, 0.3) is 0 Å². The summed E-state index contributed by atoms with van der Waals surface area (Å²) < 4.78 is 0.854. The van der Waals surface area contributed by atoms with Crippen LogP contribution in [0.25, 0.3) is 0 Å². The minimum atomic E-state index is -0.323. The molecule has 0 radical (unpaired) electrons. The van der Waals surface area contributed by atoms with Gasteiger partial charge in [-0.2, -0.15) is 0 Å². The summed E-state index contributed by atoms with van der Waals surface area (Å²) in [7, 11) is 0. The van der Waals surface area contributed by atoms with Gasteiger partial charge < -0.3 is 10.2 Å². The van der Waals surface area contributed by atoms with Crippen LogP contribution in [0, 0.1) is 12.8 Å². The van der Waals surface area contributed by atoms with Gasteiger partial charge in [-0.05, 0) is 35.0 Å². The Morgan fingerprint density at radius 1 is 1.48 bits per heavy atom. The average Bonchev–Trinajstić information content (AvgIpc) is 3.11. The lowest BCUT2D eigenvalue weighted by Crippen LogP contribution is -2.32. The van der Waals surface area contributed by atoms with Crippen molar-refractivity contribution in [1.29, 1.82) is 0 Å². The molecule has 1 aromatic heterocycles. The van der Waals surface area contributed by atoms with Crippen LogP contribution in [0.5, 0.6) is 0 Å². The van der Waals surface area contributed by atoms with Gasteiger partial charge in [0, 0.05) is 28.5 Å². The molecule has 2 amide bonds. The molecule has 0 aliphatic carbocycles. The topological polar surface area (TPSA) is 62.3 Å². The van der Waals surface area contributed by atoms with Gasteiger partial charge >= 0.3 is 0 Å². The Kier molecular flexibility index (Phi) is 4.77. The quantitative estimate of drug-likeness (QED) is 0.868. The molecular weight excluding hydrogens is 378 g/mol. The van der Waals surface area contributed by atoms with Crippen LogP contribution in [0.15, 0.2) is 34.1 Å². The Balaban J connectivity index is 1.63. The highest BCUT2D eigenvalue weighted by atomic mass is 79.9. The number of para-hydroxylation sites is 1. The zero-order valence-electron chi connectivity index (χ0n) is 12.6. The van der Waals surface area contributed by atoms with Gasteiger partial charge in [-0.3, -0.25) is 9.59 Å². The van der Waals surface area contributed by atoms with Crippen LogP contribution in [0.3, 0.4) is 0 Å². The fourth-order valence-corrected chi connectivity index (χ4v) is 3.79. The maximum Gasteiger partial charge on any atom is 0.227 e. The van der Waals surface area contributed by atoms with E-state index in [0.29, 0.717) is 13.1 Å². The second-order valence-corrected chi connectivity index (χ2v) is 7.25. The standard InChI is InChI=1S/C16H16BrN3O2S/c1-10-9-23-14(19-10)7-18-16(22)11-6-15(21)20(8-11)13-5-3-2-4-12(13)17/h2-5,9,11H,6-8H2,1H3,(H,18,22). The van der Waals surface area contributed by atoms with Gasteiger partial charge in [-0.15, -0.1) is 11.3 Å². The van der Waals surface area contributed by atoms with Crippen LogP contribution in [0.1, 0.15) is 17.1 Å². The number of aromatic nitrogens is 1. The summed E-state index contributed by atoms with van der Waals surface area (Å²) in [5.74, 6) is -0.446. The number of nitrogens with zero attached hydrogens (tertiary/aromatic N) is 2. The monoisotopic (exact) mass is 393 g/mol. The number of rotatable bonds is 4. The Labute approximate surface area is 146 Å². The number of thiazole rings is 1. The van der Waals surface area contributed by atoms with Gasteiger partial charge in [-0.25, -0.2) is 4.98 Å². The minimum absolute atomic E-state index is 0.0258. The lowest BCUT2D eigenvalue weighted by atomic mass is 10.1. The summed E-state index contributed by atoms with van der Waals surface area (Å²) in [4.78, 5) is 30.5. The summed E-state index contributed by atoms with van der Waals surface area (Å²) in [5, 5.41) is 5.71. The number of hydrogen-bond acceptors (Lipinski definition) is 4. The first-order valence-corrected chi connectivity index (χ1v) is 8.95. The molecule has 2 aromatic rings. The van der Waals surface area contributed by atoms with E-state index in [-0.39, 0.29) is 24.2 Å². The molecule has 0 saturated carbocycles. The summed E-state index contributed by atoms with van der Waals surface area (Å²) in [6.45, 7) is 2.74. The second-order valence-electron chi connectivity index (χ2n) is 5.46. The van der Waals surface area contributed by atoms with Crippen molar-refractivity contribution in [2.75, 3.05) is 11.4 Å². The van der Waals surface area contributed by atoms with E-state index in [1.807, 2.05) is 36.6 Å². The third-order valence-corrected chi connectivity index (χ3v) is 5.36. The van der Waals surface area contributed by atoms with E-state index in [2.05, 4.69) is 26.2 Å². The zero-order chi connectivity index (χ0) is 16.4. The molecule has 1 saturated heterocycles. The van der Waals surface area contributed by atoms with Gasteiger partial charge in [0.1, 0.15) is 5.01 Å². The molecule has 1 fully saturated rings. The van der Waals surface area contributed by atoms with Gasteiger partial charge in [-0.1, -0.05) is 12.1 Å². The van der Waals surface area contributed by atoms with Crippen molar-refractivity contribution in [2.24, 2.45) is 5.92 Å². The maximum absolute atomic E-state index is 12.3. The third-order valence-electron chi connectivity index (χ3n) is 3.72. The highest BCUT2D eigenvalue weighted by molar-refractivity contribution is 9.10. The molecule has 2 heterocycles. The highest BCUT2D eigenvalue weighted by Gasteiger charge is 2.35. The van der Waals surface area contributed by atoms with E-state index in [0.717, 1.165) is 20.9 Å². The van der Waals surface area contributed by atoms with E-state index in [9.17, 15) is 9.59 Å². The van der Waals surface area contributed by atoms with Crippen LogP contribution in [0.2, 0.25) is 0 Å². The molecule has 0 spiro atoms. The zero-order valence-corrected chi connectivity index (χ0v) is 15.0. The third kappa shape index (κ3) is 3.61. The molecular formula is C16H16BrN3O2S. The van der Waals surface area contributed by atoms with Crippen LogP contribution in [-0.2, 0) is 16.1 Å². The molecule has 1 unspecified atom stereocenters. The number of anilines is 1. The molecule has 1 aliphatic heterocycles. The van der Waals surface area contributed by atoms with Crippen molar-refractivity contribution >= 4 is 44.8 Å². The van der Waals surface area contributed by atoms with Crippen molar-refractivity contribution < 1.29 is 9.59 Å². The van der Waals surface area contributed by atoms with Crippen molar-refractivity contribution in [3.63, 3.8) is 0 Å². The molecule has 1 N–H and O–H groups in total. The smallest absolute Gasteiger partial charge is 0.227 e. The molecule has 0 bridgehead atoms. The number of hydrogen-bond donors (Lipinski definition) is 1. The molecule has 1 aliphatic rings. The summed E-state index contributed by atoms with van der Waals surface area (Å²) in [5.41, 5.74) is 1.76. The minimum Gasteiger partial charge on any atom is -0.349 e. The Hall–Kier alpha value is -1.73. The molecule has 23 heavy (non-hydrogen) atoms. The number of benzene rings is 1. The molecule has 1 aromatic carbocycles. The predicted molar refractivity (Wildman–Crippen MR) is 93.3 cm³/mol. The van der Waals surface area contributed by atoms with Crippen molar-refractivity contribution in [3.05, 3.63) is 44.8 Å². The van der Waals surface area contributed by atoms with E-state index < -0.39 is 0 Å². The van der Waals surface area contributed by atoms with Crippen LogP contribution >= 0.6 is 27.3 Å². The summed E-state index contributed by atoms with van der Waals surface area (Å²) in [6, 6.07) is 7.54. The van der Waals surface area contributed by atoms with Gasteiger partial charge in [0.15, 0.2) is 0 Å². The van der Waals surface area contributed by atoms with Crippen LogP contribution in [-0.4, -0.2) is 23.3 Å². The van der Waals surface area contributed by atoms with E-state index in [1.54, 1.807) is 4.90 Å². The SMILES string of the molecule is Cc1csc(CNC(=O)C2CC(=O)N(c3ccccc3Br)C2)n1. The average molecular weight is 394 g/mol. The second kappa shape index (κ2) is 6.80. The normalized spacial score (nSPS) is 17.6. The molecule has 7 heteroatoms. The summed E-state index contributed by atoms with van der Waals surface area (Å²) >= 11 is 4.98. The maximum atomic E-state index is 12.3. The van der Waals surface area contributed by atoms with Gasteiger partial charge in [0.05, 0.1) is 18.2 Å². The number of aryl methyl sites for hydroxylation is 1. The Morgan fingerprint density at radius 2 is 2.26 bits per heavy atom. The highest BCUT2D eigenvalue weighted by Crippen LogP contribution is 2.31.